The lowest BCUT2D eigenvalue weighted by Gasteiger charge is -2.32. The molecule has 0 saturated carbocycles. The van der Waals surface area contributed by atoms with E-state index in [-0.39, 0.29) is 11.8 Å². The lowest BCUT2D eigenvalue weighted by Crippen LogP contribution is -2.47. The molecule has 7 heteroatoms. The molecule has 2 aliphatic rings. The minimum absolute atomic E-state index is 0.00781. The molecule has 0 spiro atoms. The van der Waals surface area contributed by atoms with E-state index in [1.165, 1.54) is 0 Å². The molecule has 2 atom stereocenters. The van der Waals surface area contributed by atoms with Crippen LogP contribution in [0.2, 0.25) is 0 Å². The van der Waals surface area contributed by atoms with Gasteiger partial charge in [-0.3, -0.25) is 14.9 Å². The number of likely N-dealkylation sites (N-methyl/N-ethyl adjacent to an activating group) is 1. The third-order valence-corrected chi connectivity index (χ3v) is 4.87. The van der Waals surface area contributed by atoms with Crippen LogP contribution in [0, 0.1) is 0 Å². The number of carbonyl (C=O) groups excluding carboxylic acids is 3. The summed E-state index contributed by atoms with van der Waals surface area (Å²) in [4.78, 5) is 37.8. The quantitative estimate of drug-likeness (QED) is 0.707. The Labute approximate surface area is 140 Å². The Balaban J connectivity index is 1.76. The number of carbonyl (C=O) groups is 3. The van der Waals surface area contributed by atoms with Gasteiger partial charge in [-0.25, -0.2) is 4.79 Å². The van der Waals surface area contributed by atoms with E-state index < -0.39 is 11.6 Å². The first-order valence-electron chi connectivity index (χ1n) is 8.14. The smallest absolute Gasteiger partial charge is 0.322 e. The zero-order chi connectivity index (χ0) is 17.3. The Hall–Kier alpha value is -2.41. The predicted molar refractivity (Wildman–Crippen MR) is 88.5 cm³/mol. The van der Waals surface area contributed by atoms with Gasteiger partial charge in [-0.2, -0.15) is 0 Å². The predicted octanol–water partition coefficient (Wildman–Crippen LogP) is 0.565. The number of hydrogen-bond donors (Lipinski definition) is 3. The highest BCUT2D eigenvalue weighted by Crippen LogP contribution is 2.25. The van der Waals surface area contributed by atoms with Gasteiger partial charge < -0.3 is 15.5 Å². The lowest BCUT2D eigenvalue weighted by molar-refractivity contribution is -0.123. The van der Waals surface area contributed by atoms with Crippen molar-refractivity contribution >= 4 is 17.8 Å². The van der Waals surface area contributed by atoms with Crippen LogP contribution >= 0.6 is 0 Å². The highest BCUT2D eigenvalue weighted by Gasteiger charge is 2.43. The van der Waals surface area contributed by atoms with Gasteiger partial charge in [-0.15, -0.1) is 0 Å². The molecule has 3 rings (SSSR count). The molecule has 0 bridgehead atoms. The molecule has 128 valence electrons. The van der Waals surface area contributed by atoms with E-state index in [9.17, 15) is 14.4 Å². The van der Waals surface area contributed by atoms with Crippen molar-refractivity contribution < 1.29 is 14.4 Å². The van der Waals surface area contributed by atoms with Gasteiger partial charge in [0.15, 0.2) is 0 Å². The van der Waals surface area contributed by atoms with E-state index in [2.05, 4.69) is 16.0 Å². The summed E-state index contributed by atoms with van der Waals surface area (Å²) in [6.45, 7) is 3.11. The zero-order valence-corrected chi connectivity index (χ0v) is 13.9. The highest BCUT2D eigenvalue weighted by atomic mass is 16.2. The highest BCUT2D eigenvalue weighted by molar-refractivity contribution is 6.07. The number of amides is 4. The summed E-state index contributed by atoms with van der Waals surface area (Å²) < 4.78 is 0. The maximum Gasteiger partial charge on any atom is 0.322 e. The Morgan fingerprint density at radius 1 is 1.29 bits per heavy atom. The first kappa shape index (κ1) is 16.4. The third kappa shape index (κ3) is 2.87. The van der Waals surface area contributed by atoms with Crippen LogP contribution < -0.4 is 16.0 Å². The summed E-state index contributed by atoms with van der Waals surface area (Å²) in [6.07, 6.45) is 2.06. The zero-order valence-electron chi connectivity index (χ0n) is 13.9. The molecule has 4 amide bonds. The van der Waals surface area contributed by atoms with Crippen molar-refractivity contribution in [3.05, 3.63) is 35.4 Å². The van der Waals surface area contributed by atoms with Crippen molar-refractivity contribution in [2.75, 3.05) is 20.1 Å². The number of hydrogen-bond acceptors (Lipinski definition) is 4. The number of likely N-dealkylation sites (tertiary alicyclic amines) is 1. The average Bonchev–Trinajstić information content (AvgIpc) is 2.87. The fraction of sp³-hybridized carbons (Fsp3) is 0.471. The minimum Gasteiger partial charge on any atom is -0.337 e. The minimum atomic E-state index is -1.10. The molecule has 3 N–H and O–H groups in total. The van der Waals surface area contributed by atoms with Crippen molar-refractivity contribution in [2.24, 2.45) is 0 Å². The number of nitrogens with zero attached hydrogens (tertiary/aromatic N) is 1. The molecule has 0 aromatic heterocycles. The number of piperidine rings is 1. The Morgan fingerprint density at radius 3 is 2.58 bits per heavy atom. The number of rotatable bonds is 3. The molecule has 0 unspecified atom stereocenters. The summed E-state index contributed by atoms with van der Waals surface area (Å²) in [5.41, 5.74) is 0.138. The second-order valence-corrected chi connectivity index (χ2v) is 6.49. The van der Waals surface area contributed by atoms with E-state index in [4.69, 9.17) is 0 Å². The standard InChI is InChI=1S/C17H22N4O3/c1-17(15(23)19-16(24)20-17)12-7-5-11(6-8-12)14(22)21-9-3-4-13(10-21)18-2/h5-8,13,18H,3-4,9-10H2,1-2H3,(H2,19,20,23,24)/t13-,17+/m0/s1. The fourth-order valence-electron chi connectivity index (χ4n) is 3.27. The van der Waals surface area contributed by atoms with Crippen LogP contribution in [0.4, 0.5) is 4.79 Å². The van der Waals surface area contributed by atoms with Gasteiger partial charge >= 0.3 is 6.03 Å². The van der Waals surface area contributed by atoms with Gasteiger partial charge in [0.05, 0.1) is 0 Å². The molecular weight excluding hydrogens is 308 g/mol. The normalized spacial score (nSPS) is 26.9. The van der Waals surface area contributed by atoms with E-state index in [1.54, 1.807) is 31.2 Å². The van der Waals surface area contributed by atoms with E-state index in [0.717, 1.165) is 19.4 Å². The number of nitrogens with one attached hydrogen (secondary N) is 3. The van der Waals surface area contributed by atoms with Crippen LogP contribution in [0.3, 0.4) is 0 Å². The topological polar surface area (TPSA) is 90.5 Å². The van der Waals surface area contributed by atoms with Gasteiger partial charge in [0.25, 0.3) is 11.8 Å². The van der Waals surface area contributed by atoms with Gasteiger partial charge in [0.1, 0.15) is 5.54 Å². The molecule has 2 saturated heterocycles. The van der Waals surface area contributed by atoms with E-state index in [1.807, 2.05) is 11.9 Å². The van der Waals surface area contributed by atoms with Crippen LogP contribution in [0.15, 0.2) is 24.3 Å². The molecule has 1 aromatic rings. The molecule has 2 aliphatic heterocycles. The van der Waals surface area contributed by atoms with Crippen LogP contribution in [-0.2, 0) is 10.3 Å². The van der Waals surface area contributed by atoms with Gasteiger partial charge in [0.2, 0.25) is 0 Å². The second kappa shape index (κ2) is 6.24. The van der Waals surface area contributed by atoms with Gasteiger partial charge in [0, 0.05) is 24.7 Å². The average molecular weight is 330 g/mol. The van der Waals surface area contributed by atoms with Crippen molar-refractivity contribution in [3.8, 4) is 0 Å². The number of imide groups is 1. The van der Waals surface area contributed by atoms with Crippen molar-refractivity contribution in [2.45, 2.75) is 31.3 Å². The molecule has 7 nitrogen and oxygen atoms in total. The fourth-order valence-corrected chi connectivity index (χ4v) is 3.27. The number of urea groups is 1. The lowest BCUT2D eigenvalue weighted by atomic mass is 9.91. The molecule has 1 aromatic carbocycles. The van der Waals surface area contributed by atoms with Gasteiger partial charge in [-0.1, -0.05) is 12.1 Å². The monoisotopic (exact) mass is 330 g/mol. The Bertz CT molecular complexity index is 673. The Morgan fingerprint density at radius 2 is 2.00 bits per heavy atom. The largest absolute Gasteiger partial charge is 0.337 e. The van der Waals surface area contributed by atoms with Crippen molar-refractivity contribution in [1.82, 2.24) is 20.9 Å². The third-order valence-electron chi connectivity index (χ3n) is 4.87. The molecule has 2 fully saturated rings. The first-order chi connectivity index (χ1) is 11.4. The van der Waals surface area contributed by atoms with E-state index in [0.29, 0.717) is 23.7 Å². The summed E-state index contributed by atoms with van der Waals surface area (Å²) in [6, 6.07) is 6.69. The maximum atomic E-state index is 12.6. The summed E-state index contributed by atoms with van der Waals surface area (Å²) >= 11 is 0. The number of benzene rings is 1. The molecule has 2 heterocycles. The van der Waals surface area contributed by atoms with Crippen LogP contribution in [0.1, 0.15) is 35.7 Å². The Kier molecular flexibility index (Phi) is 4.28. The summed E-state index contributed by atoms with van der Waals surface area (Å²) in [7, 11) is 1.91. The van der Waals surface area contributed by atoms with Gasteiger partial charge in [-0.05, 0) is 44.5 Å². The SMILES string of the molecule is CN[C@H]1CCCN(C(=O)c2ccc([C@@]3(C)NC(=O)NC3=O)cc2)C1. The molecule has 24 heavy (non-hydrogen) atoms. The van der Waals surface area contributed by atoms with Crippen LogP contribution in [-0.4, -0.2) is 48.9 Å². The second-order valence-electron chi connectivity index (χ2n) is 6.49. The van der Waals surface area contributed by atoms with Crippen LogP contribution in [0.25, 0.3) is 0 Å². The van der Waals surface area contributed by atoms with Crippen molar-refractivity contribution in [1.29, 1.82) is 0 Å². The molecule has 0 aliphatic carbocycles. The summed E-state index contributed by atoms with van der Waals surface area (Å²) in [5, 5.41) is 8.08. The maximum absolute atomic E-state index is 12.6. The summed E-state index contributed by atoms with van der Waals surface area (Å²) in [5.74, 6) is -0.397. The van der Waals surface area contributed by atoms with Crippen LogP contribution in [0.5, 0.6) is 0 Å². The molecular formula is C17H22N4O3. The first-order valence-corrected chi connectivity index (χ1v) is 8.14. The van der Waals surface area contributed by atoms with Crippen molar-refractivity contribution in [3.63, 3.8) is 0 Å². The molecule has 0 radical (unpaired) electrons. The van der Waals surface area contributed by atoms with E-state index >= 15 is 0 Å².